The van der Waals surface area contributed by atoms with E-state index in [-0.39, 0.29) is 34.8 Å². The van der Waals surface area contributed by atoms with E-state index in [1.54, 1.807) is 18.3 Å². The summed E-state index contributed by atoms with van der Waals surface area (Å²) in [4.78, 5) is 75.9. The maximum absolute atomic E-state index is 13.2. The molecule has 0 saturated heterocycles. The number of pyridine rings is 2. The van der Waals surface area contributed by atoms with Crippen LogP contribution in [0.2, 0.25) is 0 Å². The largest absolute Gasteiger partial charge is 0.480 e. The fourth-order valence-electron chi connectivity index (χ4n) is 6.88. The van der Waals surface area contributed by atoms with Crippen molar-refractivity contribution >= 4 is 77.4 Å². The normalized spacial score (nSPS) is 12.1. The molecule has 0 spiro atoms. The van der Waals surface area contributed by atoms with Gasteiger partial charge in [0.15, 0.2) is 0 Å². The second-order valence-corrected chi connectivity index (χ2v) is 17.3. The Morgan fingerprint density at radius 2 is 1.02 bits per heavy atom. The first-order chi connectivity index (χ1) is 29.1. The molecule has 0 unspecified atom stereocenters. The van der Waals surface area contributed by atoms with Gasteiger partial charge in [-0.15, -0.1) is 0 Å². The lowest BCUT2D eigenvalue weighted by molar-refractivity contribution is -0.143. The second kappa shape index (κ2) is 21.1. The molecule has 0 saturated carbocycles. The van der Waals surface area contributed by atoms with E-state index < -0.39 is 41.3 Å². The van der Waals surface area contributed by atoms with Crippen LogP contribution < -0.4 is 21.5 Å². The van der Waals surface area contributed by atoms with Crippen LogP contribution in [0.1, 0.15) is 72.4 Å². The number of benzene rings is 4. The first-order valence-corrected chi connectivity index (χ1v) is 21.3. The Morgan fingerprint density at radius 1 is 0.623 bits per heavy atom. The van der Waals surface area contributed by atoms with Gasteiger partial charge < -0.3 is 29.6 Å². The summed E-state index contributed by atoms with van der Waals surface area (Å²) in [5, 5.41) is 15.5. The van der Waals surface area contributed by atoms with Crippen LogP contribution in [0.25, 0.3) is 21.8 Å². The lowest BCUT2D eigenvalue weighted by atomic mass is 10.0. The van der Waals surface area contributed by atoms with Gasteiger partial charge in [-0.05, 0) is 72.2 Å². The molecule has 14 heteroatoms. The number of aromatic nitrogens is 2. The first kappa shape index (κ1) is 46.2. The predicted octanol–water partition coefficient (Wildman–Crippen LogP) is 8.17. The molecule has 12 nitrogen and oxygen atoms in total. The summed E-state index contributed by atoms with van der Waals surface area (Å²) in [6, 6.07) is 28.4. The van der Waals surface area contributed by atoms with E-state index >= 15 is 0 Å². The molecule has 2 atom stereocenters. The summed E-state index contributed by atoms with van der Waals surface area (Å²) in [6.07, 6.45) is 3.76. The van der Waals surface area contributed by atoms with E-state index in [4.69, 9.17) is 4.74 Å². The Morgan fingerprint density at radius 3 is 1.39 bits per heavy atom. The molecule has 0 aliphatic heterocycles. The van der Waals surface area contributed by atoms with Gasteiger partial charge in [-0.25, -0.2) is 9.59 Å². The molecule has 4 aromatic carbocycles. The molecule has 318 valence electrons. The maximum Gasteiger partial charge on any atom is 0.328 e. The number of carboxylic acid groups (broad SMARTS) is 1. The number of methoxy groups -OCH3 is 1. The zero-order valence-electron chi connectivity index (χ0n) is 34.5. The third kappa shape index (κ3) is 12.1. The Balaban J connectivity index is 0.000000231. The van der Waals surface area contributed by atoms with Crippen LogP contribution in [-0.4, -0.2) is 57.2 Å². The standard InChI is InChI=1S/C24H25BrN2O4.C23H23BrN2O4/c1-15(2)11-20(24(30)31-3)26-23(29)19-14-27(13-16-7-5-4-6-8-16)21-10-9-17(25)12-18(21)22(19)28;1-14(2)10-19(23(29)30)25-22(28)18-13-26(12-15-6-4-3-5-7-15)20-9-8-16(24)11-17(20)21(18)27/h4-10,12,14-15,20H,11,13H2,1-3H3,(H,26,29);3-9,11,13-14,19H,10,12H2,1-2H3,(H,25,28)(H,29,30)/t20-;19-/m00/s1. The topological polar surface area (TPSA) is 166 Å². The van der Waals surface area contributed by atoms with Crippen molar-refractivity contribution in [1.29, 1.82) is 0 Å². The molecule has 2 amide bonds. The Hall–Kier alpha value is -5.86. The van der Waals surface area contributed by atoms with Crippen LogP contribution in [0.15, 0.2) is 128 Å². The number of ether oxygens (including phenoxy) is 1. The minimum atomic E-state index is -1.12. The van der Waals surface area contributed by atoms with Crippen LogP contribution >= 0.6 is 31.9 Å². The van der Waals surface area contributed by atoms with Gasteiger partial charge in [0.2, 0.25) is 10.9 Å². The number of halogens is 2. The zero-order valence-corrected chi connectivity index (χ0v) is 37.7. The third-order valence-corrected chi connectivity index (χ3v) is 10.8. The van der Waals surface area contributed by atoms with Gasteiger partial charge in [-0.2, -0.15) is 0 Å². The van der Waals surface area contributed by atoms with Crippen molar-refractivity contribution in [2.24, 2.45) is 11.8 Å². The number of nitrogens with one attached hydrogen (secondary N) is 2. The third-order valence-electron chi connectivity index (χ3n) is 9.77. The van der Waals surface area contributed by atoms with Gasteiger partial charge in [0.25, 0.3) is 11.8 Å². The van der Waals surface area contributed by atoms with E-state index in [1.807, 2.05) is 122 Å². The number of carbonyl (C=O) groups excluding carboxylic acids is 3. The summed E-state index contributed by atoms with van der Waals surface area (Å²) in [5.74, 6) is -2.69. The van der Waals surface area contributed by atoms with Crippen molar-refractivity contribution in [3.63, 3.8) is 0 Å². The molecule has 0 aliphatic rings. The van der Waals surface area contributed by atoms with Gasteiger partial charge >= 0.3 is 11.9 Å². The number of rotatable bonds is 14. The molecule has 0 radical (unpaired) electrons. The average Bonchev–Trinajstić information content (AvgIpc) is 3.22. The number of carboxylic acids is 1. The van der Waals surface area contributed by atoms with Crippen LogP contribution in [-0.2, 0) is 27.4 Å². The number of aliphatic carboxylic acids is 1. The van der Waals surface area contributed by atoms with E-state index in [1.165, 1.54) is 13.3 Å². The highest BCUT2D eigenvalue weighted by molar-refractivity contribution is 9.10. The summed E-state index contributed by atoms with van der Waals surface area (Å²) in [5.41, 5.74) is 2.56. The number of carbonyl (C=O) groups is 4. The monoisotopic (exact) mass is 954 g/mol. The van der Waals surface area contributed by atoms with Gasteiger partial charge in [0.05, 0.1) is 18.1 Å². The number of hydrogen-bond donors (Lipinski definition) is 3. The molecular weight excluding hydrogens is 908 g/mol. The van der Waals surface area contributed by atoms with E-state index in [9.17, 15) is 33.9 Å². The summed E-state index contributed by atoms with van der Waals surface area (Å²) in [7, 11) is 1.28. The molecule has 6 aromatic rings. The lowest BCUT2D eigenvalue weighted by Gasteiger charge is -2.19. The lowest BCUT2D eigenvalue weighted by Crippen LogP contribution is -2.43. The quantitative estimate of drug-likeness (QED) is 0.0921. The number of amides is 2. The summed E-state index contributed by atoms with van der Waals surface area (Å²) < 4.78 is 10.0. The van der Waals surface area contributed by atoms with Gasteiger partial charge in [-0.1, -0.05) is 120 Å². The number of nitrogens with zero attached hydrogens (tertiary/aromatic N) is 2. The molecule has 6 rings (SSSR count). The molecule has 2 heterocycles. The Labute approximate surface area is 370 Å². The first-order valence-electron chi connectivity index (χ1n) is 19.7. The average molecular weight is 957 g/mol. The maximum atomic E-state index is 13.2. The fourth-order valence-corrected chi connectivity index (χ4v) is 7.60. The highest BCUT2D eigenvalue weighted by Gasteiger charge is 2.26. The van der Waals surface area contributed by atoms with Crippen molar-refractivity contribution in [1.82, 2.24) is 19.8 Å². The highest BCUT2D eigenvalue weighted by atomic mass is 79.9. The van der Waals surface area contributed by atoms with Crippen molar-refractivity contribution < 1.29 is 29.0 Å². The van der Waals surface area contributed by atoms with Crippen molar-refractivity contribution in [3.05, 3.63) is 161 Å². The van der Waals surface area contributed by atoms with Crippen molar-refractivity contribution in [2.45, 2.75) is 65.7 Å². The minimum absolute atomic E-state index is 0.0146. The zero-order chi connectivity index (χ0) is 44.4. The SMILES string of the molecule is CC(C)C[C@H](NC(=O)c1cn(Cc2ccccc2)c2ccc(Br)cc2c1=O)C(=O)O.COC(=O)[C@H](CC(C)C)NC(=O)c1cn(Cc2ccccc2)c2ccc(Br)cc2c1=O. The van der Waals surface area contributed by atoms with E-state index in [0.29, 0.717) is 35.8 Å². The van der Waals surface area contributed by atoms with Crippen molar-refractivity contribution in [3.8, 4) is 0 Å². The molecule has 0 aliphatic carbocycles. The van der Waals surface area contributed by atoms with Gasteiger partial charge in [0, 0.05) is 45.2 Å². The molecule has 3 N–H and O–H groups in total. The smallest absolute Gasteiger partial charge is 0.328 e. The van der Waals surface area contributed by atoms with Gasteiger partial charge in [-0.3, -0.25) is 19.2 Å². The summed E-state index contributed by atoms with van der Waals surface area (Å²) in [6.45, 7) is 8.61. The molecule has 0 bridgehead atoms. The fraction of sp³-hybridized carbons (Fsp3) is 0.277. The number of fused-ring (bicyclic) bond motifs is 2. The molecule has 61 heavy (non-hydrogen) atoms. The predicted molar refractivity (Wildman–Crippen MR) is 244 cm³/mol. The minimum Gasteiger partial charge on any atom is -0.480 e. The highest BCUT2D eigenvalue weighted by Crippen LogP contribution is 2.22. The number of hydrogen-bond acceptors (Lipinski definition) is 7. The molecule has 0 fully saturated rings. The van der Waals surface area contributed by atoms with E-state index in [2.05, 4.69) is 42.5 Å². The van der Waals surface area contributed by atoms with Crippen LogP contribution in [0, 0.1) is 11.8 Å². The van der Waals surface area contributed by atoms with Crippen molar-refractivity contribution in [2.75, 3.05) is 7.11 Å². The second-order valence-electron chi connectivity index (χ2n) is 15.5. The molecule has 2 aromatic heterocycles. The van der Waals surface area contributed by atoms with E-state index in [0.717, 1.165) is 25.6 Å². The van der Waals surface area contributed by atoms with Crippen LogP contribution in [0.4, 0.5) is 0 Å². The van der Waals surface area contributed by atoms with Crippen LogP contribution in [0.5, 0.6) is 0 Å². The summed E-state index contributed by atoms with van der Waals surface area (Å²) >= 11 is 6.79. The van der Waals surface area contributed by atoms with Gasteiger partial charge in [0.1, 0.15) is 23.2 Å². The Kier molecular flexibility index (Phi) is 16.0. The Bertz CT molecular complexity index is 2660. The molecular formula is C47H48Br2N4O8. The van der Waals surface area contributed by atoms with Crippen LogP contribution in [0.3, 0.4) is 0 Å². The number of esters is 1.